The highest BCUT2D eigenvalue weighted by molar-refractivity contribution is 7.13. The molecule has 0 aliphatic carbocycles. The van der Waals surface area contributed by atoms with E-state index in [2.05, 4.69) is 46.8 Å². The standard InChI is InChI=1S/C19H26N4OS/c1-14-4-6-15(7-5-14)19-22-17(13-25-19)12-23-10-2-3-16(11-23)18(24)21-9-8-20/h4-7,13,16H,2-3,8-12,20H2,1H3,(H,21,24). The first-order valence-electron chi connectivity index (χ1n) is 8.87. The Morgan fingerprint density at radius 1 is 1.40 bits per heavy atom. The smallest absolute Gasteiger partial charge is 0.224 e. The Labute approximate surface area is 153 Å². The zero-order chi connectivity index (χ0) is 17.6. The van der Waals surface area contributed by atoms with E-state index in [1.807, 2.05) is 0 Å². The Hall–Kier alpha value is -1.76. The second-order valence-electron chi connectivity index (χ2n) is 6.66. The van der Waals surface area contributed by atoms with Crippen molar-refractivity contribution in [3.63, 3.8) is 0 Å². The molecule has 2 heterocycles. The molecule has 1 aromatic heterocycles. The van der Waals surface area contributed by atoms with Crippen molar-refractivity contribution in [1.82, 2.24) is 15.2 Å². The Kier molecular flexibility index (Phi) is 6.18. The maximum Gasteiger partial charge on any atom is 0.224 e. The average molecular weight is 359 g/mol. The van der Waals surface area contributed by atoms with E-state index >= 15 is 0 Å². The highest BCUT2D eigenvalue weighted by atomic mass is 32.1. The van der Waals surface area contributed by atoms with Crippen LogP contribution in [0, 0.1) is 12.8 Å². The SMILES string of the molecule is Cc1ccc(-c2nc(CN3CCCC(C(=O)NCCN)C3)cs2)cc1. The zero-order valence-electron chi connectivity index (χ0n) is 14.7. The van der Waals surface area contributed by atoms with Gasteiger partial charge in [0.15, 0.2) is 0 Å². The molecule has 1 aromatic carbocycles. The monoisotopic (exact) mass is 358 g/mol. The molecule has 1 amide bonds. The van der Waals surface area contributed by atoms with Crippen molar-refractivity contribution in [3.05, 3.63) is 40.9 Å². The second-order valence-corrected chi connectivity index (χ2v) is 7.52. The first-order chi connectivity index (χ1) is 12.2. The van der Waals surface area contributed by atoms with Crippen LogP contribution < -0.4 is 11.1 Å². The van der Waals surface area contributed by atoms with Crippen LogP contribution in [0.25, 0.3) is 10.6 Å². The molecule has 3 N–H and O–H groups in total. The third-order valence-corrected chi connectivity index (χ3v) is 5.50. The molecule has 1 saturated heterocycles. The molecule has 1 fully saturated rings. The lowest BCUT2D eigenvalue weighted by Gasteiger charge is -2.31. The van der Waals surface area contributed by atoms with Gasteiger partial charge in [0.25, 0.3) is 0 Å². The molecule has 5 nitrogen and oxygen atoms in total. The number of benzene rings is 1. The molecule has 1 aliphatic rings. The molecule has 1 aliphatic heterocycles. The summed E-state index contributed by atoms with van der Waals surface area (Å²) in [5, 5.41) is 6.10. The number of nitrogens with two attached hydrogens (primary N) is 1. The third kappa shape index (κ3) is 4.87. The fourth-order valence-corrected chi connectivity index (χ4v) is 4.01. The number of carbonyl (C=O) groups excluding carboxylic acids is 1. The van der Waals surface area contributed by atoms with E-state index in [0.29, 0.717) is 13.1 Å². The van der Waals surface area contributed by atoms with Crippen LogP contribution in [-0.4, -0.2) is 42.0 Å². The fourth-order valence-electron chi connectivity index (χ4n) is 3.19. The lowest BCUT2D eigenvalue weighted by molar-refractivity contribution is -0.126. The zero-order valence-corrected chi connectivity index (χ0v) is 15.5. The van der Waals surface area contributed by atoms with E-state index in [1.54, 1.807) is 11.3 Å². The van der Waals surface area contributed by atoms with Crippen molar-refractivity contribution in [2.75, 3.05) is 26.2 Å². The third-order valence-electron chi connectivity index (χ3n) is 4.56. The minimum Gasteiger partial charge on any atom is -0.355 e. The largest absolute Gasteiger partial charge is 0.355 e. The first kappa shape index (κ1) is 18.0. The Morgan fingerprint density at radius 3 is 2.96 bits per heavy atom. The summed E-state index contributed by atoms with van der Waals surface area (Å²) in [6.07, 6.45) is 2.01. The van der Waals surface area contributed by atoms with Crippen LogP contribution in [-0.2, 0) is 11.3 Å². The van der Waals surface area contributed by atoms with Gasteiger partial charge < -0.3 is 11.1 Å². The molecule has 1 atom stereocenters. The van der Waals surface area contributed by atoms with Crippen LogP contribution in [0.5, 0.6) is 0 Å². The number of aryl methyl sites for hydroxylation is 1. The summed E-state index contributed by atoms with van der Waals surface area (Å²) in [7, 11) is 0. The van der Waals surface area contributed by atoms with Crippen molar-refractivity contribution in [1.29, 1.82) is 0 Å². The van der Waals surface area contributed by atoms with Gasteiger partial charge in [-0.15, -0.1) is 11.3 Å². The minimum atomic E-state index is 0.0653. The number of hydrogen-bond acceptors (Lipinski definition) is 5. The summed E-state index contributed by atoms with van der Waals surface area (Å²) in [6.45, 7) is 5.77. The summed E-state index contributed by atoms with van der Waals surface area (Å²) < 4.78 is 0. The van der Waals surface area contributed by atoms with Gasteiger partial charge in [-0.2, -0.15) is 0 Å². The normalized spacial score (nSPS) is 18.2. The van der Waals surface area contributed by atoms with Gasteiger partial charge in [-0.05, 0) is 26.3 Å². The van der Waals surface area contributed by atoms with E-state index in [9.17, 15) is 4.79 Å². The van der Waals surface area contributed by atoms with Crippen LogP contribution in [0.4, 0.5) is 0 Å². The predicted octanol–water partition coefficient (Wildman–Crippen LogP) is 2.41. The number of likely N-dealkylation sites (tertiary alicyclic amines) is 1. The molecule has 0 radical (unpaired) electrons. The molecule has 25 heavy (non-hydrogen) atoms. The molecule has 0 bridgehead atoms. The van der Waals surface area contributed by atoms with E-state index in [0.717, 1.165) is 43.2 Å². The molecule has 1 unspecified atom stereocenters. The van der Waals surface area contributed by atoms with Gasteiger partial charge in [0.2, 0.25) is 5.91 Å². The summed E-state index contributed by atoms with van der Waals surface area (Å²) in [6, 6.07) is 8.48. The summed E-state index contributed by atoms with van der Waals surface area (Å²) >= 11 is 1.68. The van der Waals surface area contributed by atoms with E-state index in [4.69, 9.17) is 10.7 Å². The Bertz CT molecular complexity index is 698. The van der Waals surface area contributed by atoms with Crippen LogP contribution in [0.15, 0.2) is 29.6 Å². The predicted molar refractivity (Wildman–Crippen MR) is 102 cm³/mol. The van der Waals surface area contributed by atoms with Crippen molar-refractivity contribution in [3.8, 4) is 10.6 Å². The topological polar surface area (TPSA) is 71.2 Å². The van der Waals surface area contributed by atoms with Gasteiger partial charge in [0.05, 0.1) is 11.6 Å². The van der Waals surface area contributed by atoms with E-state index in [1.165, 1.54) is 11.1 Å². The van der Waals surface area contributed by atoms with Crippen LogP contribution in [0.1, 0.15) is 24.1 Å². The number of rotatable bonds is 6. The van der Waals surface area contributed by atoms with Gasteiger partial charge in [-0.1, -0.05) is 29.8 Å². The molecule has 134 valence electrons. The van der Waals surface area contributed by atoms with Gasteiger partial charge in [-0.25, -0.2) is 4.98 Å². The van der Waals surface area contributed by atoms with Crippen LogP contribution in [0.2, 0.25) is 0 Å². The summed E-state index contributed by atoms with van der Waals surface area (Å²) in [5.41, 5.74) is 8.97. The number of thiazole rings is 1. The maximum atomic E-state index is 12.2. The van der Waals surface area contributed by atoms with Gasteiger partial charge >= 0.3 is 0 Å². The highest BCUT2D eigenvalue weighted by Crippen LogP contribution is 2.25. The molecular weight excluding hydrogens is 332 g/mol. The van der Waals surface area contributed by atoms with Crippen LogP contribution >= 0.6 is 11.3 Å². The molecule has 0 spiro atoms. The first-order valence-corrected chi connectivity index (χ1v) is 9.75. The maximum absolute atomic E-state index is 12.2. The molecule has 6 heteroatoms. The summed E-state index contributed by atoms with van der Waals surface area (Å²) in [5.74, 6) is 0.198. The van der Waals surface area contributed by atoms with Gasteiger partial charge in [0, 0.05) is 37.1 Å². The highest BCUT2D eigenvalue weighted by Gasteiger charge is 2.25. The lowest BCUT2D eigenvalue weighted by atomic mass is 9.97. The molecule has 3 rings (SSSR count). The van der Waals surface area contributed by atoms with Crippen LogP contribution in [0.3, 0.4) is 0 Å². The number of carbonyl (C=O) groups is 1. The van der Waals surface area contributed by atoms with Crippen molar-refractivity contribution >= 4 is 17.2 Å². The lowest BCUT2D eigenvalue weighted by Crippen LogP contribution is -2.43. The Morgan fingerprint density at radius 2 is 2.20 bits per heavy atom. The minimum absolute atomic E-state index is 0.0653. The average Bonchev–Trinajstić information content (AvgIpc) is 3.09. The van der Waals surface area contributed by atoms with Gasteiger partial charge in [0.1, 0.15) is 5.01 Å². The van der Waals surface area contributed by atoms with Crippen molar-refractivity contribution in [2.45, 2.75) is 26.3 Å². The fraction of sp³-hybridized carbons (Fsp3) is 0.474. The van der Waals surface area contributed by atoms with E-state index < -0.39 is 0 Å². The summed E-state index contributed by atoms with van der Waals surface area (Å²) in [4.78, 5) is 19.3. The second kappa shape index (κ2) is 8.56. The molecule has 0 saturated carbocycles. The number of hydrogen-bond donors (Lipinski definition) is 2. The quantitative estimate of drug-likeness (QED) is 0.832. The van der Waals surface area contributed by atoms with E-state index in [-0.39, 0.29) is 11.8 Å². The number of aromatic nitrogens is 1. The number of amides is 1. The van der Waals surface area contributed by atoms with Crippen molar-refractivity contribution < 1.29 is 4.79 Å². The number of nitrogens with one attached hydrogen (secondary N) is 1. The molecule has 2 aromatic rings. The molecular formula is C19H26N4OS. The number of nitrogens with zero attached hydrogens (tertiary/aromatic N) is 2. The van der Waals surface area contributed by atoms with Crippen molar-refractivity contribution in [2.24, 2.45) is 11.7 Å². The Balaban J connectivity index is 1.59. The number of piperidine rings is 1. The van der Waals surface area contributed by atoms with Gasteiger partial charge in [-0.3, -0.25) is 9.69 Å².